The van der Waals surface area contributed by atoms with Crippen molar-refractivity contribution in [3.05, 3.63) is 148 Å². The number of ether oxygens (including phenoxy) is 8. The molecule has 8 rings (SSSR count). The third-order valence-electron chi connectivity index (χ3n) is 13.3. The van der Waals surface area contributed by atoms with Crippen LogP contribution in [0.1, 0.15) is 82.6 Å². The van der Waals surface area contributed by atoms with E-state index in [9.17, 15) is 49.9 Å². The van der Waals surface area contributed by atoms with Crippen molar-refractivity contribution in [3.63, 3.8) is 0 Å². The standard InChI is InChI=1S/C30H32F3N3O7.C24H21F4N3O2.C10H20O5.CH4/c1-20-25(13-21(17-34-20)14-27(37)22-3-2-4-24(15-22)30(31,32)33)23-16-26(36-5-7-40-8-6-36)29(35-18-23)43-12-11-41-9-10-42-19-28(38)39;1-15-20(18-12-21(23(25)30-14-18)31-5-7-33-8-6-31)9-16(13-29-15)10-22(32)17-3-2-4-19(11-17)24(26,27)28;1-10(2,3)15-9(12)8-14-7-6-13-5-4-11;/h2-4,13,15-18H,5-12,14,19H2,1H3,(H,38,39);2-4,9,11-14H,5-8,10H2,1H3;11H,4-8H2,1-3H3;1H4. The summed E-state index contributed by atoms with van der Waals surface area (Å²) in [5, 5.41) is 17.0. The molecule has 20 nitrogen and oxygen atoms in total. The molecule has 0 aliphatic carbocycles. The van der Waals surface area contributed by atoms with Crippen molar-refractivity contribution < 1.29 is 98.0 Å². The molecule has 2 aliphatic rings. The molecular weight excluding hydrogens is 1220 g/mol. The second-order valence-electron chi connectivity index (χ2n) is 21.5. The largest absolute Gasteiger partial charge is 0.480 e. The number of benzene rings is 2. The van der Waals surface area contributed by atoms with Crippen LogP contribution in [0.25, 0.3) is 22.3 Å². The third-order valence-corrected chi connectivity index (χ3v) is 13.3. The number of hydrogen-bond donors (Lipinski definition) is 2. The fourth-order valence-electron chi connectivity index (χ4n) is 8.97. The van der Waals surface area contributed by atoms with Crippen LogP contribution in [-0.4, -0.2) is 178 Å². The number of morpholine rings is 2. The van der Waals surface area contributed by atoms with Crippen molar-refractivity contribution in [2.75, 3.05) is 128 Å². The molecule has 2 N–H and O–H groups in total. The Morgan fingerprint density at radius 2 is 1.01 bits per heavy atom. The zero-order valence-electron chi connectivity index (χ0n) is 51.0. The Labute approximate surface area is 528 Å². The van der Waals surface area contributed by atoms with E-state index in [1.165, 1.54) is 36.7 Å². The number of anilines is 2. The van der Waals surface area contributed by atoms with Gasteiger partial charge in [-0.15, -0.1) is 0 Å². The Balaban J connectivity index is 0.000000277. The van der Waals surface area contributed by atoms with Crippen molar-refractivity contribution in [1.82, 2.24) is 19.9 Å². The van der Waals surface area contributed by atoms with Crippen molar-refractivity contribution in [2.24, 2.45) is 0 Å². The second-order valence-corrected chi connectivity index (χ2v) is 21.5. The predicted molar refractivity (Wildman–Crippen MR) is 325 cm³/mol. The number of carboxylic acids is 1. The van der Waals surface area contributed by atoms with Crippen LogP contribution >= 0.6 is 0 Å². The zero-order chi connectivity index (χ0) is 66.1. The summed E-state index contributed by atoms with van der Waals surface area (Å²) >= 11 is 0. The fraction of sp³-hybridized carbons (Fsp3) is 0.446. The van der Waals surface area contributed by atoms with Gasteiger partial charge in [0.2, 0.25) is 11.8 Å². The minimum Gasteiger partial charge on any atom is -0.480 e. The Kier molecular flexibility index (Phi) is 29.4. The van der Waals surface area contributed by atoms with Gasteiger partial charge in [-0.1, -0.05) is 31.7 Å². The van der Waals surface area contributed by atoms with Gasteiger partial charge in [0.15, 0.2) is 11.6 Å². The quantitative estimate of drug-likeness (QED) is 0.0169. The number of rotatable bonds is 26. The number of aliphatic carboxylic acids is 1. The van der Waals surface area contributed by atoms with E-state index in [1.54, 1.807) is 58.3 Å². The summed E-state index contributed by atoms with van der Waals surface area (Å²) in [6.07, 6.45) is -3.19. The van der Waals surface area contributed by atoms with Crippen LogP contribution in [0.4, 0.5) is 42.1 Å². The summed E-state index contributed by atoms with van der Waals surface area (Å²) in [6.45, 7) is 14.8. The number of ketones is 2. The number of carboxylic acid groups (broad SMARTS) is 1. The lowest BCUT2D eigenvalue weighted by molar-refractivity contribution is -0.160. The molecule has 27 heteroatoms. The van der Waals surface area contributed by atoms with Crippen LogP contribution in [0.5, 0.6) is 5.88 Å². The maximum Gasteiger partial charge on any atom is 0.416 e. The summed E-state index contributed by atoms with van der Waals surface area (Å²) in [5.41, 5.74) is 4.06. The molecule has 6 heterocycles. The number of aryl methyl sites for hydroxylation is 2. The van der Waals surface area contributed by atoms with E-state index in [2.05, 4.69) is 24.8 Å². The third kappa shape index (κ3) is 24.5. The van der Waals surface area contributed by atoms with Crippen LogP contribution in [0, 0.1) is 19.8 Å². The number of Topliss-reactive ketones (excluding diaryl/α,β-unsaturated/α-hetero) is 2. The van der Waals surface area contributed by atoms with E-state index in [1.807, 2.05) is 17.9 Å². The molecule has 2 aliphatic heterocycles. The maximum absolute atomic E-state index is 14.4. The number of esters is 1. The molecule has 2 aromatic carbocycles. The summed E-state index contributed by atoms with van der Waals surface area (Å²) in [5.74, 6) is -2.52. The molecule has 0 bridgehead atoms. The molecule has 500 valence electrons. The first-order chi connectivity index (χ1) is 43.3. The summed E-state index contributed by atoms with van der Waals surface area (Å²) < 4.78 is 135. The number of aliphatic hydroxyl groups excluding tert-OH is 1. The summed E-state index contributed by atoms with van der Waals surface area (Å²) in [4.78, 5) is 68.3. The Morgan fingerprint density at radius 3 is 1.49 bits per heavy atom. The van der Waals surface area contributed by atoms with Gasteiger partial charge < -0.3 is 57.9 Å². The number of carbonyl (C=O) groups is 4. The first kappa shape index (κ1) is 74.7. The van der Waals surface area contributed by atoms with Gasteiger partial charge >= 0.3 is 24.3 Å². The monoisotopic (exact) mass is 1300 g/mol. The van der Waals surface area contributed by atoms with Gasteiger partial charge in [0, 0.05) is 109 Å². The molecule has 6 aromatic rings. The lowest BCUT2D eigenvalue weighted by Gasteiger charge is -2.30. The van der Waals surface area contributed by atoms with E-state index < -0.39 is 52.6 Å². The van der Waals surface area contributed by atoms with Crippen LogP contribution in [0.2, 0.25) is 0 Å². The molecule has 2 fully saturated rings. The van der Waals surface area contributed by atoms with Gasteiger partial charge in [0.05, 0.1) is 89.5 Å². The van der Waals surface area contributed by atoms with Gasteiger partial charge in [-0.05, 0) is 94.3 Å². The molecule has 0 spiro atoms. The van der Waals surface area contributed by atoms with Crippen molar-refractivity contribution >= 4 is 34.9 Å². The molecule has 0 unspecified atom stereocenters. The molecule has 2 saturated heterocycles. The van der Waals surface area contributed by atoms with Gasteiger partial charge in [0.1, 0.15) is 31.1 Å². The summed E-state index contributed by atoms with van der Waals surface area (Å²) in [6, 6.07) is 15.9. The first-order valence-electron chi connectivity index (χ1n) is 28.9. The molecule has 0 amide bonds. The number of nitrogens with zero attached hydrogens (tertiary/aromatic N) is 6. The van der Waals surface area contributed by atoms with Gasteiger partial charge in [-0.3, -0.25) is 19.6 Å². The Bertz CT molecular complexity index is 3360. The van der Waals surface area contributed by atoms with E-state index in [0.717, 1.165) is 41.1 Å². The zero-order valence-corrected chi connectivity index (χ0v) is 51.0. The van der Waals surface area contributed by atoms with Crippen LogP contribution < -0.4 is 14.5 Å². The molecule has 0 radical (unpaired) electrons. The number of aliphatic hydroxyl groups is 1. The highest BCUT2D eigenvalue weighted by molar-refractivity contribution is 5.98. The van der Waals surface area contributed by atoms with Crippen LogP contribution in [0.3, 0.4) is 0 Å². The predicted octanol–water partition coefficient (Wildman–Crippen LogP) is 10.1. The summed E-state index contributed by atoms with van der Waals surface area (Å²) in [7, 11) is 0. The topological polar surface area (TPSA) is 241 Å². The number of alkyl halides is 6. The van der Waals surface area contributed by atoms with Crippen molar-refractivity contribution in [1.29, 1.82) is 0 Å². The minimum atomic E-state index is -4.54. The maximum atomic E-state index is 14.4. The van der Waals surface area contributed by atoms with E-state index in [4.69, 9.17) is 48.1 Å². The molecule has 0 saturated carbocycles. The molecular formula is C65H77F7N6O14. The smallest absolute Gasteiger partial charge is 0.416 e. The SMILES string of the molecule is C.CC(C)(C)OC(=O)COCCOCCO.Cc1ncc(CC(=O)c2cccc(C(F)(F)F)c2)cc1-c1cnc(F)c(N2CCOCC2)c1.Cc1ncc(CC(=O)c2cccc(C(F)(F)F)c2)cc1-c1cnc(OCCOCCOCC(=O)O)c(N2CCOCC2)c1. The molecule has 92 heavy (non-hydrogen) atoms. The lowest BCUT2D eigenvalue weighted by Crippen LogP contribution is -2.36. The van der Waals surface area contributed by atoms with E-state index in [0.29, 0.717) is 111 Å². The fourth-order valence-corrected chi connectivity index (χ4v) is 8.97. The number of carbonyl (C=O) groups excluding carboxylic acids is 3. The number of hydrogen-bond acceptors (Lipinski definition) is 19. The Hall–Kier alpha value is -8.05. The molecule has 4 aromatic heterocycles. The Morgan fingerprint density at radius 1 is 0.565 bits per heavy atom. The van der Waals surface area contributed by atoms with Crippen molar-refractivity contribution in [2.45, 2.75) is 72.8 Å². The average Bonchev–Trinajstić information content (AvgIpc) is 0.867. The highest BCUT2D eigenvalue weighted by atomic mass is 19.4. The lowest BCUT2D eigenvalue weighted by atomic mass is 9.98. The van der Waals surface area contributed by atoms with Gasteiger partial charge in [-0.25, -0.2) is 19.6 Å². The highest BCUT2D eigenvalue weighted by Gasteiger charge is 2.32. The van der Waals surface area contributed by atoms with Gasteiger partial charge in [0.25, 0.3) is 0 Å². The van der Waals surface area contributed by atoms with Gasteiger partial charge in [-0.2, -0.15) is 30.7 Å². The first-order valence-corrected chi connectivity index (χ1v) is 28.9. The number of aromatic nitrogens is 4. The number of pyridine rings is 4. The highest BCUT2D eigenvalue weighted by Crippen LogP contribution is 2.35. The number of halogens is 7. The van der Waals surface area contributed by atoms with Crippen LogP contribution in [-0.2, 0) is 67.9 Å². The van der Waals surface area contributed by atoms with E-state index in [-0.39, 0.29) is 90.2 Å². The van der Waals surface area contributed by atoms with Crippen LogP contribution in [0.15, 0.2) is 97.6 Å². The minimum absolute atomic E-state index is 0. The van der Waals surface area contributed by atoms with E-state index >= 15 is 0 Å². The average molecular weight is 1300 g/mol. The normalized spacial score (nSPS) is 13.4. The second kappa shape index (κ2) is 36.3. The van der Waals surface area contributed by atoms with Crippen molar-refractivity contribution in [3.8, 4) is 28.1 Å². The molecule has 0 atom stereocenters.